The predicted octanol–water partition coefficient (Wildman–Crippen LogP) is 1.58. The Balaban J connectivity index is 1.61. The van der Waals surface area contributed by atoms with Crippen molar-refractivity contribution in [3.05, 3.63) is 29.3 Å². The number of benzene rings is 1. The molecule has 0 aliphatic carbocycles. The largest absolute Gasteiger partial charge is 0.411 e. The third-order valence-corrected chi connectivity index (χ3v) is 5.99. The van der Waals surface area contributed by atoms with Crippen LogP contribution in [0.4, 0.5) is 0 Å². The summed E-state index contributed by atoms with van der Waals surface area (Å²) in [5.41, 5.74) is 3.32. The normalized spacial score (nSPS) is 16.7. The summed E-state index contributed by atoms with van der Waals surface area (Å²) in [6.07, 6.45) is 0. The molecule has 0 radical (unpaired) electrons. The third-order valence-electron chi connectivity index (χ3n) is 5.07. The minimum atomic E-state index is -0.230. The molecule has 1 amide bonds. The van der Waals surface area contributed by atoms with Gasteiger partial charge in [0.15, 0.2) is 0 Å². The van der Waals surface area contributed by atoms with Gasteiger partial charge in [0.1, 0.15) is 0 Å². The number of quaternary nitrogens is 1. The SMILES string of the molecule is CC[NH+]1CCN(C(=O)[C@@H](C)Sc2nnc(-c3ccc(C)c(C)c3)o2)CC1. The summed E-state index contributed by atoms with van der Waals surface area (Å²) in [5.74, 6) is 0.645. The van der Waals surface area contributed by atoms with Gasteiger partial charge in [0.25, 0.3) is 5.22 Å². The number of aromatic nitrogens is 2. The van der Waals surface area contributed by atoms with E-state index in [9.17, 15) is 4.79 Å². The van der Waals surface area contributed by atoms with Gasteiger partial charge in [0.2, 0.25) is 11.8 Å². The summed E-state index contributed by atoms with van der Waals surface area (Å²) in [7, 11) is 0. The Morgan fingerprint density at radius 3 is 2.65 bits per heavy atom. The fourth-order valence-electron chi connectivity index (χ4n) is 3.10. The summed E-state index contributed by atoms with van der Waals surface area (Å²) in [6, 6.07) is 6.07. The van der Waals surface area contributed by atoms with Gasteiger partial charge in [-0.1, -0.05) is 17.8 Å². The van der Waals surface area contributed by atoms with E-state index in [1.54, 1.807) is 4.90 Å². The monoisotopic (exact) mass is 375 g/mol. The van der Waals surface area contributed by atoms with Crippen LogP contribution < -0.4 is 4.90 Å². The Bertz CT molecular complexity index is 769. The summed E-state index contributed by atoms with van der Waals surface area (Å²) in [4.78, 5) is 16.2. The number of carbonyl (C=O) groups excluding carboxylic acids is 1. The van der Waals surface area contributed by atoms with Crippen LogP contribution in [-0.2, 0) is 4.79 Å². The lowest BCUT2D eigenvalue weighted by Gasteiger charge is -2.32. The van der Waals surface area contributed by atoms with Crippen LogP contribution in [0.25, 0.3) is 11.5 Å². The second-order valence-corrected chi connectivity index (χ2v) is 8.15. The van der Waals surface area contributed by atoms with Gasteiger partial charge in [-0.2, -0.15) is 0 Å². The highest BCUT2D eigenvalue weighted by Crippen LogP contribution is 2.27. The van der Waals surface area contributed by atoms with E-state index in [2.05, 4.69) is 31.0 Å². The molecule has 1 aliphatic heterocycles. The highest BCUT2D eigenvalue weighted by atomic mass is 32.2. The fourth-order valence-corrected chi connectivity index (χ4v) is 3.87. The van der Waals surface area contributed by atoms with Gasteiger partial charge in [-0.25, -0.2) is 0 Å². The van der Waals surface area contributed by atoms with Gasteiger partial charge >= 0.3 is 0 Å². The van der Waals surface area contributed by atoms with Crippen LogP contribution in [-0.4, -0.2) is 59.0 Å². The Labute approximate surface area is 159 Å². The van der Waals surface area contributed by atoms with E-state index in [4.69, 9.17) is 4.42 Å². The second-order valence-electron chi connectivity index (χ2n) is 6.86. The van der Waals surface area contributed by atoms with Gasteiger partial charge in [0, 0.05) is 5.56 Å². The standard InChI is InChI=1S/C19H26N4O2S/c1-5-22-8-10-23(11-9-22)18(24)15(4)26-19-21-20-17(25-19)16-7-6-13(2)14(3)12-16/h6-7,12,15H,5,8-11H2,1-4H3/p+1/t15-/m1/s1. The van der Waals surface area contributed by atoms with Crippen molar-refractivity contribution in [3.63, 3.8) is 0 Å². The zero-order valence-corrected chi connectivity index (χ0v) is 16.7. The smallest absolute Gasteiger partial charge is 0.277 e. The van der Waals surface area contributed by atoms with Crippen molar-refractivity contribution in [1.82, 2.24) is 15.1 Å². The van der Waals surface area contributed by atoms with Crippen LogP contribution in [0, 0.1) is 13.8 Å². The molecule has 140 valence electrons. The molecule has 7 heteroatoms. The molecule has 2 aromatic rings. The van der Waals surface area contributed by atoms with E-state index in [0.29, 0.717) is 11.1 Å². The van der Waals surface area contributed by atoms with Gasteiger partial charge in [0.05, 0.1) is 38.0 Å². The number of amides is 1. The maximum Gasteiger partial charge on any atom is 0.277 e. The molecular weight excluding hydrogens is 348 g/mol. The molecule has 0 unspecified atom stereocenters. The number of likely N-dealkylation sites (N-methyl/N-ethyl adjacent to an activating group) is 1. The lowest BCUT2D eigenvalue weighted by atomic mass is 10.1. The van der Waals surface area contributed by atoms with Gasteiger partial charge < -0.3 is 14.2 Å². The van der Waals surface area contributed by atoms with E-state index in [0.717, 1.165) is 38.3 Å². The number of nitrogens with one attached hydrogen (secondary N) is 1. The molecule has 0 saturated carbocycles. The molecule has 1 saturated heterocycles. The van der Waals surface area contributed by atoms with Crippen LogP contribution in [0.1, 0.15) is 25.0 Å². The van der Waals surface area contributed by atoms with Crippen molar-refractivity contribution >= 4 is 17.7 Å². The highest BCUT2D eigenvalue weighted by molar-refractivity contribution is 8.00. The Hall–Kier alpha value is -1.86. The van der Waals surface area contributed by atoms with Crippen molar-refractivity contribution < 1.29 is 14.1 Å². The summed E-state index contributed by atoms with van der Waals surface area (Å²) in [6.45, 7) is 13.0. The van der Waals surface area contributed by atoms with Gasteiger partial charge in [-0.05, 0) is 51.0 Å². The molecule has 1 aromatic heterocycles. The molecule has 1 fully saturated rings. The quantitative estimate of drug-likeness (QED) is 0.804. The van der Waals surface area contributed by atoms with E-state index in [1.807, 2.05) is 30.0 Å². The van der Waals surface area contributed by atoms with Gasteiger partial charge in [-0.15, -0.1) is 10.2 Å². The maximum absolute atomic E-state index is 12.7. The van der Waals surface area contributed by atoms with Crippen LogP contribution in [0.3, 0.4) is 0 Å². The highest BCUT2D eigenvalue weighted by Gasteiger charge is 2.28. The molecule has 1 atom stereocenters. The molecule has 3 rings (SSSR count). The number of rotatable bonds is 5. The van der Waals surface area contributed by atoms with Crippen LogP contribution in [0.2, 0.25) is 0 Å². The predicted molar refractivity (Wildman–Crippen MR) is 102 cm³/mol. The zero-order chi connectivity index (χ0) is 18.7. The summed E-state index contributed by atoms with van der Waals surface area (Å²) >= 11 is 1.34. The minimum Gasteiger partial charge on any atom is -0.411 e. The number of piperazine rings is 1. The molecule has 6 nitrogen and oxygen atoms in total. The van der Waals surface area contributed by atoms with E-state index >= 15 is 0 Å². The number of carbonyl (C=O) groups is 1. The Kier molecular flexibility index (Phi) is 5.98. The first kappa shape index (κ1) is 18.9. The van der Waals surface area contributed by atoms with E-state index in [1.165, 1.54) is 22.9 Å². The van der Waals surface area contributed by atoms with E-state index in [-0.39, 0.29) is 11.2 Å². The van der Waals surface area contributed by atoms with Crippen LogP contribution in [0.5, 0.6) is 0 Å². The van der Waals surface area contributed by atoms with Crippen LogP contribution >= 0.6 is 11.8 Å². The first-order valence-electron chi connectivity index (χ1n) is 9.18. The number of aryl methyl sites for hydroxylation is 2. The molecule has 0 bridgehead atoms. The van der Waals surface area contributed by atoms with Crippen molar-refractivity contribution in [2.75, 3.05) is 32.7 Å². The van der Waals surface area contributed by atoms with E-state index < -0.39 is 0 Å². The first-order valence-corrected chi connectivity index (χ1v) is 10.1. The maximum atomic E-state index is 12.7. The topological polar surface area (TPSA) is 63.7 Å². The van der Waals surface area contributed by atoms with Crippen LogP contribution in [0.15, 0.2) is 27.8 Å². The van der Waals surface area contributed by atoms with Crippen molar-refractivity contribution in [3.8, 4) is 11.5 Å². The molecule has 1 aromatic carbocycles. The molecule has 1 aliphatic rings. The van der Waals surface area contributed by atoms with Gasteiger partial charge in [-0.3, -0.25) is 4.79 Å². The minimum absolute atomic E-state index is 0.149. The number of hydrogen-bond donors (Lipinski definition) is 1. The van der Waals surface area contributed by atoms with Crippen molar-refractivity contribution in [1.29, 1.82) is 0 Å². The summed E-state index contributed by atoms with van der Waals surface area (Å²) < 4.78 is 5.77. The molecule has 0 spiro atoms. The van der Waals surface area contributed by atoms with Crippen molar-refractivity contribution in [2.45, 2.75) is 38.2 Å². The fraction of sp³-hybridized carbons (Fsp3) is 0.526. The third kappa shape index (κ3) is 4.27. The second kappa shape index (κ2) is 8.22. The lowest BCUT2D eigenvalue weighted by Crippen LogP contribution is -3.14. The molecular formula is C19H27N4O2S+. The lowest BCUT2D eigenvalue weighted by molar-refractivity contribution is -0.902. The average Bonchev–Trinajstić information content (AvgIpc) is 3.12. The number of hydrogen-bond acceptors (Lipinski definition) is 5. The Morgan fingerprint density at radius 1 is 1.27 bits per heavy atom. The molecule has 2 heterocycles. The average molecular weight is 376 g/mol. The number of nitrogens with zero attached hydrogens (tertiary/aromatic N) is 3. The Morgan fingerprint density at radius 2 is 2.00 bits per heavy atom. The summed E-state index contributed by atoms with van der Waals surface area (Å²) in [5, 5.41) is 8.46. The number of thioether (sulfide) groups is 1. The first-order chi connectivity index (χ1) is 12.5. The zero-order valence-electron chi connectivity index (χ0n) is 15.9. The molecule has 26 heavy (non-hydrogen) atoms. The molecule has 1 N–H and O–H groups in total. The van der Waals surface area contributed by atoms with Crippen molar-refractivity contribution in [2.24, 2.45) is 0 Å².